The summed E-state index contributed by atoms with van der Waals surface area (Å²) in [6, 6.07) is 12.7. The number of fused-ring (bicyclic) bond motifs is 2. The molecule has 1 atom stereocenters. The van der Waals surface area contributed by atoms with Crippen LogP contribution < -0.4 is 11.1 Å². The Morgan fingerprint density at radius 3 is 2.72 bits per heavy atom. The van der Waals surface area contributed by atoms with Crippen molar-refractivity contribution in [1.82, 2.24) is 9.47 Å². The van der Waals surface area contributed by atoms with Crippen LogP contribution >= 0.6 is 0 Å². The number of likely N-dealkylation sites (tertiary alicyclic amines) is 1. The summed E-state index contributed by atoms with van der Waals surface area (Å²) in [4.78, 5) is 39.8. The summed E-state index contributed by atoms with van der Waals surface area (Å²) < 4.78 is 12.4. The lowest BCUT2D eigenvalue weighted by molar-refractivity contribution is -0.132. The first kappa shape index (κ1) is 20.5. The zero-order chi connectivity index (χ0) is 22.1. The summed E-state index contributed by atoms with van der Waals surface area (Å²) in [7, 11) is 0. The number of nitrogens with one attached hydrogen (secondary N) is 1. The third-order valence-corrected chi connectivity index (χ3v) is 6.17. The van der Waals surface area contributed by atoms with Crippen LogP contribution in [0.3, 0.4) is 0 Å². The van der Waals surface area contributed by atoms with Gasteiger partial charge in [-0.2, -0.15) is 0 Å². The monoisotopic (exact) mass is 435 g/mol. The molecule has 2 aliphatic rings. The van der Waals surface area contributed by atoms with Crippen molar-refractivity contribution in [2.24, 2.45) is 0 Å². The van der Waals surface area contributed by atoms with Gasteiger partial charge in [0.15, 0.2) is 11.7 Å². The molecule has 1 N–H and O–H groups in total. The number of rotatable bonds is 4. The van der Waals surface area contributed by atoms with Crippen LogP contribution in [0.4, 0.5) is 5.69 Å². The standard InChI is InChI=1S/C24H25N3O5/c28-21(26-11-4-1-5-12-26)15-27-19-14-17(8-9-20(19)32-24(27)30)25-23(29)22-18-7-3-2-6-16(18)10-13-31-22/h2-3,6-9,14,22H,1,4-5,10-13,15H2,(H,25,29). The highest BCUT2D eigenvalue weighted by molar-refractivity contribution is 5.96. The van der Waals surface area contributed by atoms with Crippen LogP contribution in [0, 0.1) is 0 Å². The van der Waals surface area contributed by atoms with E-state index in [1.54, 1.807) is 23.1 Å². The number of benzene rings is 2. The lowest BCUT2D eigenvalue weighted by Gasteiger charge is -2.26. The summed E-state index contributed by atoms with van der Waals surface area (Å²) >= 11 is 0. The number of aromatic nitrogens is 1. The predicted molar refractivity (Wildman–Crippen MR) is 118 cm³/mol. The Morgan fingerprint density at radius 2 is 1.88 bits per heavy atom. The molecule has 8 heteroatoms. The molecule has 8 nitrogen and oxygen atoms in total. The Morgan fingerprint density at radius 1 is 1.06 bits per heavy atom. The first-order valence-corrected chi connectivity index (χ1v) is 11.0. The Labute approximate surface area is 184 Å². The van der Waals surface area contributed by atoms with E-state index in [1.807, 2.05) is 24.3 Å². The maximum absolute atomic E-state index is 13.0. The third-order valence-electron chi connectivity index (χ3n) is 6.17. The molecular weight excluding hydrogens is 410 g/mol. The van der Waals surface area contributed by atoms with E-state index in [0.29, 0.717) is 36.5 Å². The quantitative estimate of drug-likeness (QED) is 0.680. The zero-order valence-corrected chi connectivity index (χ0v) is 17.7. The van der Waals surface area contributed by atoms with Crippen molar-refractivity contribution in [3.05, 3.63) is 64.1 Å². The van der Waals surface area contributed by atoms with Crippen LogP contribution in [-0.4, -0.2) is 41.0 Å². The maximum Gasteiger partial charge on any atom is 0.420 e. The molecule has 2 aliphatic heterocycles. The molecule has 0 spiro atoms. The van der Waals surface area contributed by atoms with E-state index in [4.69, 9.17) is 9.15 Å². The molecule has 0 saturated carbocycles. The number of anilines is 1. The van der Waals surface area contributed by atoms with E-state index >= 15 is 0 Å². The van der Waals surface area contributed by atoms with E-state index in [-0.39, 0.29) is 18.4 Å². The van der Waals surface area contributed by atoms with Crippen molar-refractivity contribution >= 4 is 28.6 Å². The number of carbonyl (C=O) groups excluding carboxylic acids is 2. The smallest absolute Gasteiger partial charge is 0.408 e. The fourth-order valence-corrected chi connectivity index (χ4v) is 4.49. The van der Waals surface area contributed by atoms with Gasteiger partial charge >= 0.3 is 5.76 Å². The molecule has 0 radical (unpaired) electrons. The van der Waals surface area contributed by atoms with E-state index in [9.17, 15) is 14.4 Å². The predicted octanol–water partition coefficient (Wildman–Crippen LogP) is 2.86. The number of carbonyl (C=O) groups is 2. The van der Waals surface area contributed by atoms with Crippen LogP contribution in [0.2, 0.25) is 0 Å². The maximum atomic E-state index is 13.0. The minimum atomic E-state index is -0.692. The normalized spacial score (nSPS) is 18.4. The molecule has 166 valence electrons. The largest absolute Gasteiger partial charge is 0.420 e. The molecule has 5 rings (SSSR count). The number of hydrogen-bond donors (Lipinski definition) is 1. The van der Waals surface area contributed by atoms with Gasteiger partial charge in [-0.05, 0) is 55.0 Å². The molecule has 1 saturated heterocycles. The van der Waals surface area contributed by atoms with Crippen LogP contribution in [0.15, 0.2) is 51.7 Å². The van der Waals surface area contributed by atoms with Crippen molar-refractivity contribution in [2.75, 3.05) is 25.0 Å². The van der Waals surface area contributed by atoms with Crippen LogP contribution in [-0.2, 0) is 27.3 Å². The van der Waals surface area contributed by atoms with Gasteiger partial charge < -0.3 is 19.4 Å². The van der Waals surface area contributed by atoms with Gasteiger partial charge in [0.2, 0.25) is 5.91 Å². The third kappa shape index (κ3) is 3.93. The van der Waals surface area contributed by atoms with Gasteiger partial charge in [0, 0.05) is 18.8 Å². The molecule has 1 unspecified atom stereocenters. The summed E-state index contributed by atoms with van der Waals surface area (Å²) in [6.45, 7) is 1.83. The molecule has 2 amide bonds. The van der Waals surface area contributed by atoms with Gasteiger partial charge in [-0.3, -0.25) is 14.2 Å². The van der Waals surface area contributed by atoms with E-state index in [0.717, 1.165) is 36.8 Å². The van der Waals surface area contributed by atoms with Crippen LogP contribution in [0.25, 0.3) is 11.1 Å². The molecule has 2 aromatic carbocycles. The zero-order valence-electron chi connectivity index (χ0n) is 17.7. The second-order valence-electron chi connectivity index (χ2n) is 8.27. The summed E-state index contributed by atoms with van der Waals surface area (Å²) in [5, 5.41) is 2.88. The van der Waals surface area contributed by atoms with Crippen molar-refractivity contribution < 1.29 is 18.7 Å². The van der Waals surface area contributed by atoms with Crippen LogP contribution in [0.1, 0.15) is 36.5 Å². The van der Waals surface area contributed by atoms with Gasteiger partial charge in [0.1, 0.15) is 6.54 Å². The fourth-order valence-electron chi connectivity index (χ4n) is 4.49. The fraction of sp³-hybridized carbons (Fsp3) is 0.375. The average Bonchev–Trinajstić information content (AvgIpc) is 3.13. The summed E-state index contributed by atoms with van der Waals surface area (Å²) in [5.74, 6) is -0.965. The number of hydrogen-bond acceptors (Lipinski definition) is 5. The lowest BCUT2D eigenvalue weighted by Crippen LogP contribution is -2.39. The topological polar surface area (TPSA) is 93.8 Å². The number of ether oxygens (including phenoxy) is 1. The summed E-state index contributed by atoms with van der Waals surface area (Å²) in [6.07, 6.45) is 3.17. The van der Waals surface area contributed by atoms with Crippen LogP contribution in [0.5, 0.6) is 0 Å². The van der Waals surface area contributed by atoms with Gasteiger partial charge in [0.25, 0.3) is 5.91 Å². The number of oxazole rings is 1. The highest BCUT2D eigenvalue weighted by Gasteiger charge is 2.27. The van der Waals surface area contributed by atoms with Gasteiger partial charge in [-0.15, -0.1) is 0 Å². The van der Waals surface area contributed by atoms with Crippen molar-refractivity contribution in [2.45, 2.75) is 38.3 Å². The second-order valence-corrected chi connectivity index (χ2v) is 8.27. The van der Waals surface area contributed by atoms with E-state index in [2.05, 4.69) is 5.32 Å². The number of amides is 2. The van der Waals surface area contributed by atoms with E-state index in [1.165, 1.54) is 4.57 Å². The molecular formula is C24H25N3O5. The second kappa shape index (κ2) is 8.63. The number of piperidine rings is 1. The lowest BCUT2D eigenvalue weighted by atomic mass is 9.97. The average molecular weight is 435 g/mol. The minimum Gasteiger partial charge on any atom is -0.408 e. The van der Waals surface area contributed by atoms with Crippen molar-refractivity contribution in [1.29, 1.82) is 0 Å². The molecule has 1 fully saturated rings. The molecule has 0 aliphatic carbocycles. The number of nitrogens with zero attached hydrogens (tertiary/aromatic N) is 2. The highest BCUT2D eigenvalue weighted by atomic mass is 16.5. The van der Waals surface area contributed by atoms with Gasteiger partial charge in [0.05, 0.1) is 12.1 Å². The SMILES string of the molecule is O=C(Nc1ccc2oc(=O)n(CC(=O)N3CCCCC3)c2c1)C1OCCc2ccccc21. The first-order valence-electron chi connectivity index (χ1n) is 11.0. The Balaban J connectivity index is 1.38. The van der Waals surface area contributed by atoms with Crippen molar-refractivity contribution in [3.63, 3.8) is 0 Å². The van der Waals surface area contributed by atoms with Crippen molar-refractivity contribution in [3.8, 4) is 0 Å². The van der Waals surface area contributed by atoms with Gasteiger partial charge in [-0.25, -0.2) is 4.79 Å². The van der Waals surface area contributed by atoms with E-state index < -0.39 is 11.9 Å². The first-order chi connectivity index (χ1) is 15.6. The molecule has 0 bridgehead atoms. The van der Waals surface area contributed by atoms with Gasteiger partial charge in [-0.1, -0.05) is 24.3 Å². The molecule has 3 heterocycles. The molecule has 3 aromatic rings. The molecule has 1 aromatic heterocycles. The molecule has 32 heavy (non-hydrogen) atoms. The Hall–Kier alpha value is -3.39. The highest BCUT2D eigenvalue weighted by Crippen LogP contribution is 2.28. The minimum absolute atomic E-state index is 0.0810. The summed E-state index contributed by atoms with van der Waals surface area (Å²) in [5.41, 5.74) is 3.33. The Bertz CT molecular complexity index is 1220. The Kier molecular flexibility index (Phi) is 5.53.